The van der Waals surface area contributed by atoms with E-state index in [0.717, 1.165) is 30.5 Å². The molecule has 5 nitrogen and oxygen atoms in total. The Morgan fingerprint density at radius 1 is 1.13 bits per heavy atom. The molecule has 1 fully saturated rings. The molecule has 30 heavy (non-hydrogen) atoms. The molecule has 0 saturated heterocycles. The van der Waals surface area contributed by atoms with Gasteiger partial charge in [-0.05, 0) is 37.5 Å². The standard InChI is InChI=1S/C20H16Cl2F2N4OS/c1-9-18(28-20(30-9)25-11-7-16(23)27-17(24)8-11)19(29)26-15-5-4-13(15)12-3-2-10(21)6-14(12)22/h2-3,6-8,13,15H,4-5H2,1H3,(H,26,29)(H,25,27,28). The smallest absolute Gasteiger partial charge is 0.271 e. The lowest BCUT2D eigenvalue weighted by Gasteiger charge is -2.38. The third-order valence-electron chi connectivity index (χ3n) is 4.98. The van der Waals surface area contributed by atoms with Crippen LogP contribution in [0.15, 0.2) is 30.3 Å². The second kappa shape index (κ2) is 8.45. The van der Waals surface area contributed by atoms with E-state index in [9.17, 15) is 13.6 Å². The van der Waals surface area contributed by atoms with Crippen molar-refractivity contribution in [3.8, 4) is 0 Å². The Bertz CT molecular complexity index is 1100. The van der Waals surface area contributed by atoms with Crippen molar-refractivity contribution in [3.05, 3.63) is 68.4 Å². The highest BCUT2D eigenvalue weighted by Gasteiger charge is 2.35. The maximum atomic E-state index is 13.3. The first-order valence-electron chi connectivity index (χ1n) is 9.13. The second-order valence-electron chi connectivity index (χ2n) is 6.98. The topological polar surface area (TPSA) is 66.9 Å². The Labute approximate surface area is 185 Å². The van der Waals surface area contributed by atoms with E-state index in [1.807, 2.05) is 6.07 Å². The van der Waals surface area contributed by atoms with Crippen molar-refractivity contribution in [1.29, 1.82) is 0 Å². The van der Waals surface area contributed by atoms with Gasteiger partial charge in [0.1, 0.15) is 5.69 Å². The molecule has 0 bridgehead atoms. The molecule has 2 N–H and O–H groups in total. The Morgan fingerprint density at radius 3 is 2.50 bits per heavy atom. The van der Waals surface area contributed by atoms with Crippen molar-refractivity contribution < 1.29 is 13.6 Å². The summed E-state index contributed by atoms with van der Waals surface area (Å²) in [6, 6.07) is 7.41. The first-order chi connectivity index (χ1) is 14.3. The van der Waals surface area contributed by atoms with Crippen molar-refractivity contribution in [3.63, 3.8) is 0 Å². The summed E-state index contributed by atoms with van der Waals surface area (Å²) in [5, 5.41) is 7.33. The van der Waals surface area contributed by atoms with Gasteiger partial charge < -0.3 is 10.6 Å². The number of aromatic nitrogens is 2. The van der Waals surface area contributed by atoms with Crippen LogP contribution in [-0.2, 0) is 0 Å². The summed E-state index contributed by atoms with van der Waals surface area (Å²) >= 11 is 13.5. The minimum Gasteiger partial charge on any atom is -0.347 e. The Balaban J connectivity index is 1.46. The SMILES string of the molecule is Cc1sc(Nc2cc(F)nc(F)c2)nc1C(=O)NC1CCC1c1ccc(Cl)cc1Cl. The predicted octanol–water partition coefficient (Wildman–Crippen LogP) is 5.85. The lowest BCUT2D eigenvalue weighted by Crippen LogP contribution is -2.45. The number of carbonyl (C=O) groups is 1. The third-order valence-corrected chi connectivity index (χ3v) is 6.43. The number of amides is 1. The second-order valence-corrected chi connectivity index (χ2v) is 9.03. The Kier molecular flexibility index (Phi) is 5.90. The van der Waals surface area contributed by atoms with E-state index in [4.69, 9.17) is 23.2 Å². The minimum absolute atomic E-state index is 0.0583. The summed E-state index contributed by atoms with van der Waals surface area (Å²) < 4.78 is 26.5. The molecule has 1 aliphatic carbocycles. The molecule has 0 aliphatic heterocycles. The van der Waals surface area contributed by atoms with Gasteiger partial charge in [-0.1, -0.05) is 29.3 Å². The first kappa shape index (κ1) is 21.0. The Morgan fingerprint density at radius 2 is 1.87 bits per heavy atom. The van der Waals surface area contributed by atoms with E-state index in [2.05, 4.69) is 20.6 Å². The third kappa shape index (κ3) is 4.40. The predicted molar refractivity (Wildman–Crippen MR) is 114 cm³/mol. The molecule has 1 aromatic carbocycles. The van der Waals surface area contributed by atoms with E-state index in [1.165, 1.54) is 11.3 Å². The molecule has 1 aliphatic rings. The van der Waals surface area contributed by atoms with Gasteiger partial charge in [-0.2, -0.15) is 13.8 Å². The van der Waals surface area contributed by atoms with Crippen LogP contribution in [0.4, 0.5) is 19.6 Å². The zero-order valence-electron chi connectivity index (χ0n) is 15.7. The molecule has 0 spiro atoms. The molecule has 2 aromatic heterocycles. The number of aryl methyl sites for hydroxylation is 1. The quantitative estimate of drug-likeness (QED) is 0.460. The molecular weight excluding hydrogens is 453 g/mol. The zero-order valence-corrected chi connectivity index (χ0v) is 18.0. The number of carbonyl (C=O) groups excluding carboxylic acids is 1. The maximum Gasteiger partial charge on any atom is 0.271 e. The van der Waals surface area contributed by atoms with E-state index < -0.39 is 11.9 Å². The van der Waals surface area contributed by atoms with Crippen LogP contribution in [0.1, 0.15) is 39.7 Å². The highest BCUT2D eigenvalue weighted by molar-refractivity contribution is 7.15. The van der Waals surface area contributed by atoms with Crippen LogP contribution in [-0.4, -0.2) is 21.9 Å². The highest BCUT2D eigenvalue weighted by atomic mass is 35.5. The van der Waals surface area contributed by atoms with Gasteiger partial charge in [-0.25, -0.2) is 4.98 Å². The van der Waals surface area contributed by atoms with E-state index >= 15 is 0 Å². The number of halogens is 4. The van der Waals surface area contributed by atoms with Crippen LogP contribution < -0.4 is 10.6 Å². The normalized spacial score (nSPS) is 18.0. The molecular formula is C20H16Cl2F2N4OS. The minimum atomic E-state index is -0.944. The number of rotatable bonds is 5. The lowest BCUT2D eigenvalue weighted by atomic mass is 9.75. The molecule has 2 atom stereocenters. The van der Waals surface area contributed by atoms with Gasteiger partial charge in [0.15, 0.2) is 5.13 Å². The summed E-state index contributed by atoms with van der Waals surface area (Å²) in [5.41, 5.74) is 1.39. The van der Waals surface area contributed by atoms with Gasteiger partial charge in [0, 0.05) is 44.7 Å². The number of hydrogen-bond donors (Lipinski definition) is 2. The number of benzene rings is 1. The monoisotopic (exact) mass is 468 g/mol. The number of nitrogens with one attached hydrogen (secondary N) is 2. The van der Waals surface area contributed by atoms with Crippen molar-refractivity contribution in [2.45, 2.75) is 31.7 Å². The van der Waals surface area contributed by atoms with Gasteiger partial charge in [0.2, 0.25) is 11.9 Å². The molecule has 3 aromatic rings. The summed E-state index contributed by atoms with van der Waals surface area (Å²) in [6.07, 6.45) is 1.74. The van der Waals surface area contributed by atoms with E-state index in [1.54, 1.807) is 19.1 Å². The van der Waals surface area contributed by atoms with Crippen molar-refractivity contribution in [2.24, 2.45) is 0 Å². The molecule has 2 heterocycles. The average molecular weight is 469 g/mol. The number of nitrogens with zero attached hydrogens (tertiary/aromatic N) is 2. The largest absolute Gasteiger partial charge is 0.347 e. The molecule has 4 rings (SSSR count). The number of hydrogen-bond acceptors (Lipinski definition) is 5. The summed E-state index contributed by atoms with van der Waals surface area (Å²) in [5.74, 6) is -2.08. The summed E-state index contributed by atoms with van der Waals surface area (Å²) in [4.78, 5) is 20.8. The fraction of sp³-hybridized carbons (Fsp3) is 0.250. The van der Waals surface area contributed by atoms with Crippen molar-refractivity contribution >= 4 is 51.3 Å². The molecule has 2 unspecified atom stereocenters. The van der Waals surface area contributed by atoms with Crippen LogP contribution in [0.3, 0.4) is 0 Å². The average Bonchev–Trinajstić information content (AvgIpc) is 3.00. The lowest BCUT2D eigenvalue weighted by molar-refractivity contribution is 0.0900. The number of pyridine rings is 1. The fourth-order valence-electron chi connectivity index (χ4n) is 3.41. The zero-order chi connectivity index (χ0) is 21.4. The van der Waals surface area contributed by atoms with E-state index in [-0.39, 0.29) is 29.2 Å². The molecule has 1 amide bonds. The van der Waals surface area contributed by atoms with Crippen LogP contribution in [0.2, 0.25) is 10.0 Å². The highest BCUT2D eigenvalue weighted by Crippen LogP contribution is 2.41. The number of thiazole rings is 1. The summed E-state index contributed by atoms with van der Waals surface area (Å²) in [6.45, 7) is 1.76. The van der Waals surface area contributed by atoms with Crippen molar-refractivity contribution in [2.75, 3.05) is 5.32 Å². The van der Waals surface area contributed by atoms with Gasteiger partial charge in [-0.3, -0.25) is 4.79 Å². The molecule has 0 radical (unpaired) electrons. The van der Waals surface area contributed by atoms with E-state index in [0.29, 0.717) is 20.1 Å². The fourth-order valence-corrected chi connectivity index (χ4v) is 4.78. The molecule has 10 heteroatoms. The number of anilines is 2. The van der Waals surface area contributed by atoms with Gasteiger partial charge in [0.05, 0.1) is 0 Å². The first-order valence-corrected chi connectivity index (χ1v) is 10.7. The van der Waals surface area contributed by atoms with Gasteiger partial charge in [0.25, 0.3) is 5.91 Å². The van der Waals surface area contributed by atoms with Gasteiger partial charge >= 0.3 is 0 Å². The van der Waals surface area contributed by atoms with Crippen LogP contribution >= 0.6 is 34.5 Å². The Hall–Kier alpha value is -2.29. The summed E-state index contributed by atoms with van der Waals surface area (Å²) in [7, 11) is 0. The molecule has 156 valence electrons. The van der Waals surface area contributed by atoms with Gasteiger partial charge in [-0.15, -0.1) is 11.3 Å². The maximum absolute atomic E-state index is 13.3. The van der Waals surface area contributed by atoms with Crippen LogP contribution in [0, 0.1) is 18.8 Å². The van der Waals surface area contributed by atoms with Crippen LogP contribution in [0.25, 0.3) is 0 Å². The molecule has 1 saturated carbocycles. The van der Waals surface area contributed by atoms with Crippen molar-refractivity contribution in [1.82, 2.24) is 15.3 Å². The van der Waals surface area contributed by atoms with Crippen LogP contribution in [0.5, 0.6) is 0 Å².